The van der Waals surface area contributed by atoms with Gasteiger partial charge in [0.05, 0.1) is 29.8 Å². The van der Waals surface area contributed by atoms with E-state index in [1.807, 2.05) is 4.90 Å². The van der Waals surface area contributed by atoms with Gasteiger partial charge in [0.25, 0.3) is 0 Å². The van der Waals surface area contributed by atoms with Gasteiger partial charge in [-0.05, 0) is 74.7 Å². The lowest BCUT2D eigenvalue weighted by atomic mass is 9.62. The van der Waals surface area contributed by atoms with Gasteiger partial charge in [-0.3, -0.25) is 20.7 Å². The molecule has 5 unspecified atom stereocenters. The lowest BCUT2D eigenvalue weighted by Gasteiger charge is -2.44. The summed E-state index contributed by atoms with van der Waals surface area (Å²) < 4.78 is 49.5. The van der Waals surface area contributed by atoms with Crippen molar-refractivity contribution in [2.45, 2.75) is 81.6 Å². The van der Waals surface area contributed by atoms with E-state index >= 15 is 4.39 Å². The summed E-state index contributed by atoms with van der Waals surface area (Å²) in [6.45, 7) is 5.87. The third-order valence-corrected chi connectivity index (χ3v) is 12.3. The fourth-order valence-electron chi connectivity index (χ4n) is 10.2. The van der Waals surface area contributed by atoms with Gasteiger partial charge in [-0.1, -0.05) is 6.92 Å². The number of carbonyl (C=O) groups excluding carboxylic acids is 1. The molecule has 0 aromatic carbocycles. The summed E-state index contributed by atoms with van der Waals surface area (Å²) in [6.07, 6.45) is 5.51. The van der Waals surface area contributed by atoms with E-state index in [0.29, 0.717) is 67.8 Å². The molecule has 0 amide bonds. The summed E-state index contributed by atoms with van der Waals surface area (Å²) in [6, 6.07) is 0.301. The topological polar surface area (TPSA) is 114 Å². The van der Waals surface area contributed by atoms with E-state index in [-0.39, 0.29) is 59.5 Å². The van der Waals surface area contributed by atoms with Crippen LogP contribution in [0.25, 0.3) is 10.9 Å². The summed E-state index contributed by atoms with van der Waals surface area (Å²) >= 11 is 0. The summed E-state index contributed by atoms with van der Waals surface area (Å²) in [5.41, 5.74) is 7.04. The first kappa shape index (κ1) is 29.3. The van der Waals surface area contributed by atoms with E-state index in [1.54, 1.807) is 6.20 Å². The molecule has 6 bridgehead atoms. The van der Waals surface area contributed by atoms with Crippen molar-refractivity contribution in [3.63, 3.8) is 0 Å². The third-order valence-electron chi connectivity index (χ3n) is 12.3. The van der Waals surface area contributed by atoms with Crippen LogP contribution in [0.15, 0.2) is 6.20 Å². The number of ether oxygens (including phenoxy) is 3. The van der Waals surface area contributed by atoms with Crippen LogP contribution < -0.4 is 20.5 Å². The zero-order chi connectivity index (χ0) is 31.2. The Morgan fingerprint density at radius 1 is 1.17 bits per heavy atom. The number of nitrogens with zero attached hydrogens (tertiary/aromatic N) is 5. The number of anilines is 1. The van der Waals surface area contributed by atoms with E-state index < -0.39 is 18.1 Å². The van der Waals surface area contributed by atoms with Crippen molar-refractivity contribution in [2.75, 3.05) is 50.8 Å². The van der Waals surface area contributed by atoms with Gasteiger partial charge in [0.1, 0.15) is 30.2 Å². The first-order valence-corrected chi connectivity index (χ1v) is 17.3. The zero-order valence-electron chi connectivity index (χ0n) is 26.3. The molecule has 6 aliphatic heterocycles. The van der Waals surface area contributed by atoms with E-state index in [1.165, 1.54) is 0 Å². The molecule has 4 saturated heterocycles. The number of fused-ring (bicyclic) bond motifs is 6. The predicted octanol–water partition coefficient (Wildman–Crippen LogP) is 3.72. The number of hydrazine groups is 1. The molecule has 11 nitrogen and oxygen atoms in total. The van der Waals surface area contributed by atoms with Crippen LogP contribution in [-0.4, -0.2) is 95.8 Å². The summed E-state index contributed by atoms with van der Waals surface area (Å²) in [5, 5.41) is 0.512. The molecule has 0 spiro atoms. The van der Waals surface area contributed by atoms with Crippen LogP contribution in [0.1, 0.15) is 63.5 Å². The van der Waals surface area contributed by atoms with Crippen LogP contribution in [0.3, 0.4) is 0 Å². The minimum atomic E-state index is -0.882. The Bertz CT molecular complexity index is 1530. The van der Waals surface area contributed by atoms with E-state index in [9.17, 15) is 9.18 Å². The van der Waals surface area contributed by atoms with Gasteiger partial charge in [0.2, 0.25) is 0 Å². The van der Waals surface area contributed by atoms with E-state index in [2.05, 4.69) is 22.7 Å². The van der Waals surface area contributed by atoms with Crippen LogP contribution in [0.4, 0.5) is 19.4 Å². The first-order chi connectivity index (χ1) is 22.4. The largest absolute Gasteiger partial charge is 0.508 e. The van der Waals surface area contributed by atoms with Gasteiger partial charge in [-0.25, -0.2) is 13.6 Å². The van der Waals surface area contributed by atoms with Gasteiger partial charge >= 0.3 is 12.2 Å². The first-order valence-electron chi connectivity index (χ1n) is 17.3. The van der Waals surface area contributed by atoms with Crippen LogP contribution in [-0.2, 0) is 9.47 Å². The van der Waals surface area contributed by atoms with Crippen LogP contribution in [0.2, 0.25) is 0 Å². The van der Waals surface area contributed by atoms with Crippen molar-refractivity contribution in [3.05, 3.63) is 17.7 Å². The Balaban J connectivity index is 1.16. The average molecular weight is 640 g/mol. The second-order valence-electron chi connectivity index (χ2n) is 15.1. The lowest BCUT2D eigenvalue weighted by Crippen LogP contribution is -2.45. The zero-order valence-corrected chi connectivity index (χ0v) is 26.3. The lowest BCUT2D eigenvalue weighted by molar-refractivity contribution is 0.0143. The van der Waals surface area contributed by atoms with Gasteiger partial charge < -0.3 is 19.1 Å². The number of carbonyl (C=O) groups is 1. The second-order valence-corrected chi connectivity index (χ2v) is 15.1. The van der Waals surface area contributed by atoms with Crippen LogP contribution >= 0.6 is 0 Å². The van der Waals surface area contributed by atoms with E-state index in [4.69, 9.17) is 29.2 Å². The molecule has 6 fully saturated rings. The Morgan fingerprint density at radius 3 is 3.00 bits per heavy atom. The molecule has 8 aliphatic rings. The maximum absolute atomic E-state index is 17.2. The molecule has 10 atom stereocenters. The molecule has 2 aliphatic carbocycles. The van der Waals surface area contributed by atoms with Crippen molar-refractivity contribution < 1.29 is 27.8 Å². The fourth-order valence-corrected chi connectivity index (χ4v) is 10.2. The Labute approximate surface area is 267 Å². The summed E-state index contributed by atoms with van der Waals surface area (Å²) in [5.74, 6) is 1.17. The van der Waals surface area contributed by atoms with Crippen LogP contribution in [0, 0.1) is 35.4 Å². The maximum atomic E-state index is 17.2. The number of halogens is 2. The molecule has 2 N–H and O–H groups in total. The van der Waals surface area contributed by atoms with Crippen molar-refractivity contribution in [1.82, 2.24) is 30.7 Å². The van der Waals surface area contributed by atoms with Gasteiger partial charge in [0, 0.05) is 44.2 Å². The standard InChI is InChI=1S/C33H43F2N7O4/c1-17-8-24-22(12-37-40-24)26-25(17)21-9-18(21)15-44-32(43)46-20-4-2-6-41(14-20)30-23-11-36-29(26)27(35)28(23)38-31(39-30)45-16-33-5-3-7-42(33)13-19(34)10-33/h11,17-22,24-26,37,40H,2-10,12-16H2,1H3/t17?,18-,19-,20-,21+,22?,24?,25?,26?,33+/m1/s1. The van der Waals surface area contributed by atoms with Crippen molar-refractivity contribution in [1.29, 1.82) is 0 Å². The highest BCUT2D eigenvalue weighted by Gasteiger charge is 2.56. The normalized spacial score (nSPS) is 40.3. The number of pyridine rings is 1. The summed E-state index contributed by atoms with van der Waals surface area (Å²) in [4.78, 5) is 31.5. The number of nitrogens with one attached hydrogen (secondary N) is 2. The minimum Gasteiger partial charge on any atom is -0.461 e. The maximum Gasteiger partial charge on any atom is 0.508 e. The average Bonchev–Trinajstić information content (AvgIpc) is 3.29. The van der Waals surface area contributed by atoms with Crippen molar-refractivity contribution >= 4 is 22.9 Å². The highest BCUT2D eigenvalue weighted by atomic mass is 19.1. The number of aromatic nitrogens is 3. The minimum absolute atomic E-state index is 0.0866. The van der Waals surface area contributed by atoms with E-state index in [0.717, 1.165) is 45.2 Å². The second kappa shape index (κ2) is 11.1. The van der Waals surface area contributed by atoms with Gasteiger partial charge in [-0.15, -0.1) is 0 Å². The van der Waals surface area contributed by atoms with Gasteiger partial charge in [0.15, 0.2) is 5.82 Å². The molecule has 2 aromatic heterocycles. The van der Waals surface area contributed by atoms with Crippen LogP contribution in [0.5, 0.6) is 6.01 Å². The monoisotopic (exact) mass is 639 g/mol. The number of alkyl halides is 1. The van der Waals surface area contributed by atoms with Crippen molar-refractivity contribution in [2.24, 2.45) is 29.6 Å². The molecule has 13 heteroatoms. The Hall–Kier alpha value is -2.90. The molecule has 8 heterocycles. The third kappa shape index (κ3) is 4.82. The molecule has 46 heavy (non-hydrogen) atoms. The fraction of sp³-hybridized carbons (Fsp3) is 0.758. The summed E-state index contributed by atoms with van der Waals surface area (Å²) in [7, 11) is 0. The predicted molar refractivity (Wildman–Crippen MR) is 164 cm³/mol. The Morgan fingerprint density at radius 2 is 2.09 bits per heavy atom. The molecular weight excluding hydrogens is 596 g/mol. The highest BCUT2D eigenvalue weighted by molar-refractivity contribution is 5.90. The quantitative estimate of drug-likeness (QED) is 0.479. The molecule has 2 aromatic rings. The number of hydrogen-bond acceptors (Lipinski definition) is 11. The SMILES string of the molecule is CC1CC2NNCC2C2c3ncc4c(nc(OC[C@@]56CCCN5C[C@H](F)C6)nc4c3F)N3CCC[C@H](C3)OC(=O)OC[C@H]3C[C@@H]3C12. The molecule has 10 rings (SSSR count). The molecule has 248 valence electrons. The van der Waals surface area contributed by atoms with Crippen molar-refractivity contribution in [3.8, 4) is 6.01 Å². The number of piperidine rings is 1. The molecule has 0 radical (unpaired) electrons. The number of rotatable bonds is 3. The highest BCUT2D eigenvalue weighted by Crippen LogP contribution is 2.58. The Kier molecular flexibility index (Phi) is 7.05. The molecule has 2 saturated carbocycles. The number of hydrogen-bond donors (Lipinski definition) is 2. The van der Waals surface area contributed by atoms with Gasteiger partial charge in [-0.2, -0.15) is 9.97 Å². The smallest absolute Gasteiger partial charge is 0.461 e. The molecular formula is C33H43F2N7O4.